The van der Waals surface area contributed by atoms with Gasteiger partial charge in [-0.25, -0.2) is 0 Å². The number of hydrogen-bond acceptors (Lipinski definition) is 3. The Labute approximate surface area is 119 Å². The fourth-order valence-electron chi connectivity index (χ4n) is 2.84. The monoisotopic (exact) mass is 389 g/mol. The van der Waals surface area contributed by atoms with Crippen molar-refractivity contribution in [3.8, 4) is 0 Å². The molecule has 6 heteroatoms. The molecule has 19 heavy (non-hydrogen) atoms. The van der Waals surface area contributed by atoms with Crippen molar-refractivity contribution in [2.75, 3.05) is 0 Å². The molecule has 0 fully saturated rings. The van der Waals surface area contributed by atoms with Gasteiger partial charge >= 0.3 is 119 Å². The molecule has 0 N–H and O–H groups in total. The number of nitrogens with zero attached hydrogens (tertiary/aromatic N) is 1. The van der Waals surface area contributed by atoms with E-state index in [0.717, 1.165) is 13.3 Å². The van der Waals surface area contributed by atoms with Crippen LogP contribution in [0.3, 0.4) is 0 Å². The second kappa shape index (κ2) is 5.09. The summed E-state index contributed by atoms with van der Waals surface area (Å²) in [5.41, 5.74) is 0.346. The first-order chi connectivity index (χ1) is 8.94. The van der Waals surface area contributed by atoms with E-state index in [0.29, 0.717) is 5.56 Å². The zero-order chi connectivity index (χ0) is 14.3. The first-order valence-corrected chi connectivity index (χ1v) is 15.4. The molecule has 0 unspecified atom stereocenters. The van der Waals surface area contributed by atoms with E-state index >= 15 is 0 Å². The van der Waals surface area contributed by atoms with Gasteiger partial charge in [0.1, 0.15) is 0 Å². The average Bonchev–Trinajstić information content (AvgIpc) is 2.63. The Morgan fingerprint density at radius 1 is 1.05 bits per heavy atom. The third-order valence-electron chi connectivity index (χ3n) is 4.23. The van der Waals surface area contributed by atoms with Crippen molar-refractivity contribution >= 4 is 34.6 Å². The Hall–Kier alpha value is -0.561. The van der Waals surface area contributed by atoms with Crippen LogP contribution in [0.15, 0.2) is 29.2 Å². The Kier molecular flexibility index (Phi) is 3.97. The van der Waals surface area contributed by atoms with Crippen LogP contribution in [0, 0.1) is 0 Å². The van der Waals surface area contributed by atoms with E-state index in [9.17, 15) is 13.2 Å². The Morgan fingerprint density at radius 2 is 1.58 bits per heavy atom. The summed E-state index contributed by atoms with van der Waals surface area (Å²) in [6.07, 6.45) is 0. The molecule has 2 rings (SSSR count). The van der Waals surface area contributed by atoms with Crippen molar-refractivity contribution in [2.45, 2.75) is 39.0 Å². The van der Waals surface area contributed by atoms with Crippen LogP contribution >= 0.6 is 0 Å². The number of rotatable bonds is 4. The molecule has 0 saturated heterocycles. The third-order valence-corrected chi connectivity index (χ3v) is 24.7. The summed E-state index contributed by atoms with van der Waals surface area (Å²) < 4.78 is 29.2. The van der Waals surface area contributed by atoms with Gasteiger partial charge in [-0.3, -0.25) is 0 Å². The molecule has 0 saturated carbocycles. The molecular weight excluding hydrogens is 369 g/mol. The molecule has 0 aromatic heterocycles. The molecule has 1 aliphatic heterocycles. The first kappa shape index (κ1) is 14.8. The molecule has 0 aliphatic carbocycles. The molecule has 0 radical (unpaired) electrons. The number of benzene rings is 1. The molecule has 1 aromatic carbocycles. The first-order valence-electron chi connectivity index (χ1n) is 6.63. The zero-order valence-electron chi connectivity index (χ0n) is 11.5. The van der Waals surface area contributed by atoms with E-state index in [1.807, 2.05) is 20.8 Å². The van der Waals surface area contributed by atoms with E-state index in [1.165, 1.54) is 2.53 Å². The molecule has 1 aromatic rings. The van der Waals surface area contributed by atoms with Crippen molar-refractivity contribution in [1.29, 1.82) is 0 Å². The van der Waals surface area contributed by atoms with Crippen LogP contribution in [-0.4, -0.2) is 35.5 Å². The Morgan fingerprint density at radius 3 is 2.05 bits per heavy atom. The van der Waals surface area contributed by atoms with Gasteiger partial charge in [0.25, 0.3) is 0 Å². The predicted octanol–water partition coefficient (Wildman–Crippen LogP) is 2.84. The summed E-state index contributed by atoms with van der Waals surface area (Å²) in [4.78, 5) is 12.7. The zero-order valence-corrected chi connectivity index (χ0v) is 15.2. The number of fused-ring (bicyclic) bond motifs is 1. The number of hydrogen-bond donors (Lipinski definition) is 0. The van der Waals surface area contributed by atoms with E-state index in [2.05, 4.69) is 0 Å². The average molecular weight is 388 g/mol. The molecule has 104 valence electrons. The van der Waals surface area contributed by atoms with Crippen molar-refractivity contribution in [3.63, 3.8) is 0 Å². The van der Waals surface area contributed by atoms with E-state index in [1.54, 1.807) is 24.3 Å². The molecular formula is C13H19NO3SSn. The summed E-state index contributed by atoms with van der Waals surface area (Å²) >= 11 is -3.14. The molecule has 4 nitrogen and oxygen atoms in total. The van der Waals surface area contributed by atoms with Gasteiger partial charge in [-0.2, -0.15) is 0 Å². The maximum absolute atomic E-state index is 12.7. The van der Waals surface area contributed by atoms with Gasteiger partial charge in [0.2, 0.25) is 0 Å². The van der Waals surface area contributed by atoms with Crippen molar-refractivity contribution in [2.24, 2.45) is 0 Å². The van der Waals surface area contributed by atoms with Crippen LogP contribution in [0.2, 0.25) is 13.3 Å². The second-order valence-corrected chi connectivity index (χ2v) is 21.9. The van der Waals surface area contributed by atoms with Crippen LogP contribution in [0.5, 0.6) is 0 Å². The number of amides is 1. The third kappa shape index (κ3) is 2.01. The van der Waals surface area contributed by atoms with Crippen molar-refractivity contribution in [3.05, 3.63) is 29.8 Å². The molecule has 1 aliphatic rings. The predicted molar refractivity (Wildman–Crippen MR) is 77.0 cm³/mol. The Balaban J connectivity index is 2.66. The van der Waals surface area contributed by atoms with Crippen molar-refractivity contribution in [1.82, 2.24) is 2.53 Å². The normalized spacial score (nSPS) is 17.6. The van der Waals surface area contributed by atoms with E-state index in [4.69, 9.17) is 0 Å². The van der Waals surface area contributed by atoms with Crippen LogP contribution < -0.4 is 0 Å². The van der Waals surface area contributed by atoms with Gasteiger partial charge in [0.05, 0.1) is 0 Å². The summed E-state index contributed by atoms with van der Waals surface area (Å²) in [5.74, 6) is -0.294. The molecule has 0 spiro atoms. The molecule has 0 atom stereocenters. The number of carbonyl (C=O) groups is 1. The van der Waals surface area contributed by atoms with Crippen molar-refractivity contribution < 1.29 is 13.2 Å². The number of sulfonamides is 1. The van der Waals surface area contributed by atoms with Crippen LogP contribution in [0.25, 0.3) is 0 Å². The van der Waals surface area contributed by atoms with E-state index in [-0.39, 0.29) is 10.8 Å². The van der Waals surface area contributed by atoms with Gasteiger partial charge in [-0.05, 0) is 0 Å². The van der Waals surface area contributed by atoms with Gasteiger partial charge < -0.3 is 0 Å². The standard InChI is InChI=1S/C7H5NO3S.3C2H5.Sn/c9-7-5-3-1-2-4-6(5)12(10,11)8-7;3*1-2;/h1-4H,(H,8,9);3*1H2,2H3;/q;;;;+1/p-1. The van der Waals surface area contributed by atoms with Crippen LogP contribution in [0.1, 0.15) is 31.1 Å². The molecule has 1 heterocycles. The number of carbonyl (C=O) groups excluding carboxylic acids is 1. The minimum atomic E-state index is -3.61. The Bertz CT molecular complexity index is 600. The minimum absolute atomic E-state index is 0.191. The summed E-state index contributed by atoms with van der Waals surface area (Å²) in [6, 6.07) is 6.55. The van der Waals surface area contributed by atoms with Crippen LogP contribution in [-0.2, 0) is 10.0 Å². The maximum atomic E-state index is 12.7. The molecule has 0 bridgehead atoms. The quantitative estimate of drug-likeness (QED) is 0.746. The van der Waals surface area contributed by atoms with E-state index < -0.39 is 28.7 Å². The van der Waals surface area contributed by atoms with Gasteiger partial charge in [0.15, 0.2) is 0 Å². The SMILES string of the molecule is C[CH2][Sn]([CH2]C)([CH2]C)[N]1C(=O)c2ccccc2S1(=O)=O. The molecule has 1 amide bonds. The summed E-state index contributed by atoms with van der Waals surface area (Å²) in [7, 11) is -3.61. The summed E-state index contributed by atoms with van der Waals surface area (Å²) in [6.45, 7) is 6.07. The fourth-order valence-corrected chi connectivity index (χ4v) is 20.7. The van der Waals surface area contributed by atoms with Crippen LogP contribution in [0.4, 0.5) is 0 Å². The van der Waals surface area contributed by atoms with Gasteiger partial charge in [-0.15, -0.1) is 0 Å². The topological polar surface area (TPSA) is 54.5 Å². The fraction of sp³-hybridized carbons (Fsp3) is 0.462. The summed E-state index contributed by atoms with van der Waals surface area (Å²) in [5, 5.41) is 0. The van der Waals surface area contributed by atoms with Gasteiger partial charge in [-0.1, -0.05) is 0 Å². The second-order valence-electron chi connectivity index (χ2n) is 4.86. The van der Waals surface area contributed by atoms with Gasteiger partial charge in [0, 0.05) is 0 Å².